The smallest absolute Gasteiger partial charge is 0.163 e. The fourth-order valence-electron chi connectivity index (χ4n) is 3.13. The summed E-state index contributed by atoms with van der Waals surface area (Å²) in [6.07, 6.45) is 0. The molecule has 0 bridgehead atoms. The van der Waals surface area contributed by atoms with Gasteiger partial charge in [0.05, 0.1) is 12.1 Å². The molecule has 0 unspecified atom stereocenters. The number of fused-ring (bicyclic) bond motifs is 1. The average Bonchev–Trinajstić information content (AvgIpc) is 2.77. The van der Waals surface area contributed by atoms with E-state index in [-0.39, 0.29) is 12.4 Å². The Bertz CT molecular complexity index is 1100. The van der Waals surface area contributed by atoms with Crippen molar-refractivity contribution in [2.45, 2.75) is 13.2 Å². The highest BCUT2D eigenvalue weighted by molar-refractivity contribution is 9.10. The Morgan fingerprint density at radius 3 is 2.58 bits per heavy atom. The van der Waals surface area contributed by atoms with Crippen LogP contribution in [0, 0.1) is 5.82 Å². The van der Waals surface area contributed by atoms with E-state index >= 15 is 0 Å². The van der Waals surface area contributed by atoms with Crippen LogP contribution in [0.5, 0.6) is 23.0 Å². The molecule has 0 saturated heterocycles. The van der Waals surface area contributed by atoms with E-state index in [0.717, 1.165) is 27.2 Å². The minimum Gasteiger partial charge on any atom is -0.493 e. The second kappa shape index (κ2) is 9.66. The standard InChI is InChI=1S/C23H20BrClFNO4/c1-28-21-8-15(12-27-17-4-5-20-22(10-17)30-7-6-29-20)18(24)11-23(21)31-13-14-2-3-16(26)9-19(14)25/h2-5,8-11,27H,6-7,12-13H2,1H3. The molecule has 0 atom stereocenters. The third-order valence-electron chi connectivity index (χ3n) is 4.76. The quantitative estimate of drug-likeness (QED) is 0.411. The molecule has 1 N–H and O–H groups in total. The molecule has 0 radical (unpaired) electrons. The Labute approximate surface area is 193 Å². The van der Waals surface area contributed by atoms with Gasteiger partial charge in [-0.25, -0.2) is 4.39 Å². The summed E-state index contributed by atoms with van der Waals surface area (Å²) >= 11 is 9.68. The van der Waals surface area contributed by atoms with Crippen molar-refractivity contribution in [2.24, 2.45) is 0 Å². The lowest BCUT2D eigenvalue weighted by atomic mass is 10.2. The van der Waals surface area contributed by atoms with Gasteiger partial charge in [0.1, 0.15) is 25.6 Å². The number of hydrogen-bond acceptors (Lipinski definition) is 5. The zero-order valence-electron chi connectivity index (χ0n) is 16.7. The number of halogens is 3. The molecule has 3 aromatic carbocycles. The van der Waals surface area contributed by atoms with Gasteiger partial charge >= 0.3 is 0 Å². The molecule has 0 aliphatic carbocycles. The normalized spacial score (nSPS) is 12.4. The number of nitrogens with one attached hydrogen (secondary N) is 1. The second-order valence-corrected chi connectivity index (χ2v) is 8.09. The molecule has 0 spiro atoms. The summed E-state index contributed by atoms with van der Waals surface area (Å²) in [6.45, 7) is 1.86. The van der Waals surface area contributed by atoms with E-state index in [2.05, 4.69) is 21.2 Å². The zero-order chi connectivity index (χ0) is 21.8. The van der Waals surface area contributed by atoms with E-state index in [1.807, 2.05) is 30.3 Å². The van der Waals surface area contributed by atoms with E-state index < -0.39 is 0 Å². The molecule has 162 valence electrons. The molecule has 0 amide bonds. The Balaban J connectivity index is 1.45. The van der Waals surface area contributed by atoms with Crippen LogP contribution >= 0.6 is 27.5 Å². The Morgan fingerprint density at radius 1 is 1.00 bits per heavy atom. The van der Waals surface area contributed by atoms with E-state index in [0.29, 0.717) is 41.8 Å². The van der Waals surface area contributed by atoms with Crippen molar-refractivity contribution in [1.29, 1.82) is 0 Å². The zero-order valence-corrected chi connectivity index (χ0v) is 19.1. The van der Waals surface area contributed by atoms with Crippen molar-refractivity contribution >= 4 is 33.2 Å². The molecule has 0 fully saturated rings. The van der Waals surface area contributed by atoms with Crippen LogP contribution in [-0.4, -0.2) is 20.3 Å². The third-order valence-corrected chi connectivity index (χ3v) is 5.85. The molecule has 1 heterocycles. The summed E-state index contributed by atoms with van der Waals surface area (Å²) in [4.78, 5) is 0. The molecule has 8 heteroatoms. The van der Waals surface area contributed by atoms with Crippen LogP contribution in [-0.2, 0) is 13.2 Å². The maximum absolute atomic E-state index is 13.2. The summed E-state index contributed by atoms with van der Waals surface area (Å²) in [5.74, 6) is 2.24. The number of benzene rings is 3. The molecule has 31 heavy (non-hydrogen) atoms. The van der Waals surface area contributed by atoms with Gasteiger partial charge in [0.25, 0.3) is 0 Å². The van der Waals surface area contributed by atoms with Crippen LogP contribution in [0.15, 0.2) is 53.0 Å². The van der Waals surface area contributed by atoms with Gasteiger partial charge in [-0.1, -0.05) is 33.6 Å². The molecule has 1 aliphatic heterocycles. The van der Waals surface area contributed by atoms with Crippen molar-refractivity contribution in [3.8, 4) is 23.0 Å². The second-order valence-electron chi connectivity index (χ2n) is 6.83. The summed E-state index contributed by atoms with van der Waals surface area (Å²) in [6, 6.07) is 13.7. The van der Waals surface area contributed by atoms with Crippen LogP contribution in [0.4, 0.5) is 10.1 Å². The molecular weight excluding hydrogens is 489 g/mol. The maximum atomic E-state index is 13.2. The number of hydrogen-bond donors (Lipinski definition) is 1. The average molecular weight is 509 g/mol. The first-order valence-electron chi connectivity index (χ1n) is 9.60. The Hall–Kier alpha value is -2.64. The molecule has 3 aromatic rings. The predicted molar refractivity (Wildman–Crippen MR) is 121 cm³/mol. The lowest BCUT2D eigenvalue weighted by Gasteiger charge is -2.19. The number of methoxy groups -OCH3 is 1. The Kier molecular flexibility index (Phi) is 6.73. The minimum absolute atomic E-state index is 0.191. The summed E-state index contributed by atoms with van der Waals surface area (Å²) in [5, 5.41) is 3.70. The highest BCUT2D eigenvalue weighted by Gasteiger charge is 2.14. The van der Waals surface area contributed by atoms with Crippen molar-refractivity contribution in [1.82, 2.24) is 0 Å². The van der Waals surface area contributed by atoms with Gasteiger partial charge in [-0.2, -0.15) is 0 Å². The summed E-state index contributed by atoms with van der Waals surface area (Å²) in [5.41, 5.74) is 2.59. The van der Waals surface area contributed by atoms with Crippen molar-refractivity contribution < 1.29 is 23.3 Å². The van der Waals surface area contributed by atoms with Gasteiger partial charge in [0.15, 0.2) is 23.0 Å². The number of anilines is 1. The van der Waals surface area contributed by atoms with Crippen LogP contribution < -0.4 is 24.3 Å². The SMILES string of the molecule is COc1cc(CNc2ccc3c(c2)OCCO3)c(Br)cc1OCc1ccc(F)cc1Cl. The van der Waals surface area contributed by atoms with Gasteiger partial charge in [-0.3, -0.25) is 0 Å². The van der Waals surface area contributed by atoms with Gasteiger partial charge in [0.2, 0.25) is 0 Å². The maximum Gasteiger partial charge on any atom is 0.163 e. The minimum atomic E-state index is -0.385. The number of ether oxygens (including phenoxy) is 4. The topological polar surface area (TPSA) is 49.0 Å². The van der Waals surface area contributed by atoms with Crippen LogP contribution in [0.3, 0.4) is 0 Å². The molecular formula is C23H20BrClFNO4. The van der Waals surface area contributed by atoms with E-state index in [1.54, 1.807) is 13.2 Å². The van der Waals surface area contributed by atoms with Crippen LogP contribution in [0.1, 0.15) is 11.1 Å². The van der Waals surface area contributed by atoms with Gasteiger partial charge in [-0.15, -0.1) is 0 Å². The predicted octanol–water partition coefficient (Wildman–Crippen LogP) is 6.21. The van der Waals surface area contributed by atoms with Crippen molar-refractivity contribution in [3.05, 3.63) is 75.0 Å². The van der Waals surface area contributed by atoms with Crippen molar-refractivity contribution in [2.75, 3.05) is 25.6 Å². The monoisotopic (exact) mass is 507 g/mol. The lowest BCUT2D eigenvalue weighted by Crippen LogP contribution is -2.15. The fraction of sp³-hybridized carbons (Fsp3) is 0.217. The van der Waals surface area contributed by atoms with Gasteiger partial charge in [0, 0.05) is 28.3 Å². The molecule has 0 saturated carbocycles. The van der Waals surface area contributed by atoms with Gasteiger partial charge in [-0.05, 0) is 42.0 Å². The van der Waals surface area contributed by atoms with E-state index in [4.69, 9.17) is 30.5 Å². The van der Waals surface area contributed by atoms with Gasteiger partial charge < -0.3 is 24.3 Å². The number of rotatable bonds is 7. The van der Waals surface area contributed by atoms with E-state index in [1.165, 1.54) is 12.1 Å². The largest absolute Gasteiger partial charge is 0.493 e. The van der Waals surface area contributed by atoms with Crippen molar-refractivity contribution in [3.63, 3.8) is 0 Å². The Morgan fingerprint density at radius 2 is 1.81 bits per heavy atom. The molecule has 0 aromatic heterocycles. The molecule has 4 rings (SSSR count). The first-order valence-corrected chi connectivity index (χ1v) is 10.8. The first kappa shape index (κ1) is 21.6. The summed E-state index contributed by atoms with van der Waals surface area (Å²) < 4.78 is 36.7. The van der Waals surface area contributed by atoms with Crippen LogP contribution in [0.25, 0.3) is 0 Å². The highest BCUT2D eigenvalue weighted by atomic mass is 79.9. The third kappa shape index (κ3) is 5.17. The van der Waals surface area contributed by atoms with Crippen LogP contribution in [0.2, 0.25) is 5.02 Å². The molecule has 1 aliphatic rings. The lowest BCUT2D eigenvalue weighted by molar-refractivity contribution is 0.171. The summed E-state index contributed by atoms with van der Waals surface area (Å²) in [7, 11) is 1.58. The first-order chi connectivity index (χ1) is 15.0. The fourth-order valence-corrected chi connectivity index (χ4v) is 3.81. The van der Waals surface area contributed by atoms with E-state index in [9.17, 15) is 4.39 Å². The molecule has 5 nitrogen and oxygen atoms in total. The highest BCUT2D eigenvalue weighted by Crippen LogP contribution is 2.36.